The van der Waals surface area contributed by atoms with Crippen LogP contribution < -0.4 is 10.2 Å². The van der Waals surface area contributed by atoms with Crippen molar-refractivity contribution >= 4 is 46.4 Å². The van der Waals surface area contributed by atoms with Gasteiger partial charge in [-0.25, -0.2) is 0 Å². The third-order valence-electron chi connectivity index (χ3n) is 4.24. The maximum atomic E-state index is 12.4. The molecule has 130 valence electrons. The van der Waals surface area contributed by atoms with Gasteiger partial charge < -0.3 is 10.2 Å². The molecule has 0 aliphatic carbocycles. The molecule has 0 saturated heterocycles. The highest BCUT2D eigenvalue weighted by molar-refractivity contribution is 6.42. The lowest BCUT2D eigenvalue weighted by Gasteiger charge is -2.29. The molecule has 4 nitrogen and oxygen atoms in total. The Kier molecular flexibility index (Phi) is 5.30. The van der Waals surface area contributed by atoms with Gasteiger partial charge in [-0.2, -0.15) is 0 Å². The lowest BCUT2D eigenvalue weighted by Crippen LogP contribution is -2.34. The summed E-state index contributed by atoms with van der Waals surface area (Å²) in [6.07, 6.45) is 2.29. The zero-order valence-corrected chi connectivity index (χ0v) is 15.3. The van der Waals surface area contributed by atoms with Crippen LogP contribution in [0, 0.1) is 0 Å². The molecule has 1 heterocycles. The number of aryl methyl sites for hydroxylation is 1. The number of rotatable bonds is 3. The Bertz CT molecular complexity index is 836. The zero-order valence-electron chi connectivity index (χ0n) is 13.8. The van der Waals surface area contributed by atoms with Crippen molar-refractivity contribution in [1.82, 2.24) is 0 Å². The normalized spacial score (nSPS) is 13.3. The topological polar surface area (TPSA) is 49.4 Å². The molecule has 0 radical (unpaired) electrons. The van der Waals surface area contributed by atoms with E-state index < -0.39 is 0 Å². The Morgan fingerprint density at radius 3 is 2.64 bits per heavy atom. The van der Waals surface area contributed by atoms with Crippen molar-refractivity contribution < 1.29 is 9.59 Å². The molecule has 6 heteroatoms. The van der Waals surface area contributed by atoms with Gasteiger partial charge in [0.25, 0.3) is 5.91 Å². The van der Waals surface area contributed by atoms with Crippen molar-refractivity contribution in [2.45, 2.75) is 26.2 Å². The van der Waals surface area contributed by atoms with Gasteiger partial charge in [-0.05, 0) is 54.8 Å². The summed E-state index contributed by atoms with van der Waals surface area (Å²) in [6.45, 7) is 2.61. The molecule has 2 aromatic carbocycles. The molecule has 1 aliphatic rings. The lowest BCUT2D eigenvalue weighted by molar-refractivity contribution is -0.118. The molecule has 0 bridgehead atoms. The molecule has 3 rings (SSSR count). The molecule has 0 fully saturated rings. The number of anilines is 2. The van der Waals surface area contributed by atoms with Gasteiger partial charge in [0.1, 0.15) is 0 Å². The summed E-state index contributed by atoms with van der Waals surface area (Å²) in [4.78, 5) is 26.3. The van der Waals surface area contributed by atoms with Crippen LogP contribution in [0.2, 0.25) is 10.0 Å². The van der Waals surface area contributed by atoms with Crippen molar-refractivity contribution in [2.24, 2.45) is 0 Å². The predicted octanol–water partition coefficient (Wildman–Crippen LogP) is 4.93. The van der Waals surface area contributed by atoms with Crippen LogP contribution in [-0.4, -0.2) is 18.4 Å². The first-order valence-electron chi connectivity index (χ1n) is 8.19. The summed E-state index contributed by atoms with van der Waals surface area (Å²) in [5, 5.41) is 3.62. The van der Waals surface area contributed by atoms with E-state index in [1.807, 2.05) is 30.0 Å². The monoisotopic (exact) mass is 376 g/mol. The van der Waals surface area contributed by atoms with Crippen LogP contribution in [0.4, 0.5) is 11.4 Å². The molecule has 1 N–H and O–H groups in total. The first-order chi connectivity index (χ1) is 12.0. The summed E-state index contributed by atoms with van der Waals surface area (Å²) in [5.41, 5.74) is 3.14. The van der Waals surface area contributed by atoms with Crippen LogP contribution >= 0.6 is 23.2 Å². The highest BCUT2D eigenvalue weighted by Gasteiger charge is 2.21. The number of nitrogens with one attached hydrogen (secondary N) is 1. The van der Waals surface area contributed by atoms with E-state index in [0.29, 0.717) is 27.7 Å². The highest BCUT2D eigenvalue weighted by atomic mass is 35.5. The van der Waals surface area contributed by atoms with E-state index in [-0.39, 0.29) is 11.8 Å². The third-order valence-corrected chi connectivity index (χ3v) is 4.98. The van der Waals surface area contributed by atoms with Gasteiger partial charge in [0.2, 0.25) is 5.91 Å². The molecule has 2 amide bonds. The summed E-state index contributed by atoms with van der Waals surface area (Å²) < 4.78 is 0. The second-order valence-electron chi connectivity index (χ2n) is 5.93. The van der Waals surface area contributed by atoms with E-state index in [9.17, 15) is 9.59 Å². The lowest BCUT2D eigenvalue weighted by atomic mass is 10.0. The number of fused-ring (bicyclic) bond motifs is 1. The fraction of sp³-hybridized carbons (Fsp3) is 0.263. The van der Waals surface area contributed by atoms with E-state index in [0.717, 1.165) is 30.6 Å². The molecular formula is C19H18Cl2N2O2. The SMILES string of the molecule is CCC(=O)N1CCCc2cc(NC(=O)c3ccc(Cl)c(Cl)c3)ccc21. The van der Waals surface area contributed by atoms with E-state index >= 15 is 0 Å². The van der Waals surface area contributed by atoms with Crippen molar-refractivity contribution in [3.63, 3.8) is 0 Å². The Labute approximate surface area is 156 Å². The van der Waals surface area contributed by atoms with Gasteiger partial charge >= 0.3 is 0 Å². The Morgan fingerprint density at radius 2 is 1.92 bits per heavy atom. The second kappa shape index (κ2) is 7.46. The fourth-order valence-electron chi connectivity index (χ4n) is 2.97. The summed E-state index contributed by atoms with van der Waals surface area (Å²) in [5.74, 6) is -0.135. The predicted molar refractivity (Wildman–Crippen MR) is 102 cm³/mol. The first-order valence-corrected chi connectivity index (χ1v) is 8.95. The Balaban J connectivity index is 1.81. The van der Waals surface area contributed by atoms with Crippen molar-refractivity contribution in [2.75, 3.05) is 16.8 Å². The number of benzene rings is 2. The molecule has 0 aromatic heterocycles. The molecule has 1 aliphatic heterocycles. The van der Waals surface area contributed by atoms with Crippen molar-refractivity contribution in [3.8, 4) is 0 Å². The number of hydrogen-bond acceptors (Lipinski definition) is 2. The van der Waals surface area contributed by atoms with Crippen molar-refractivity contribution in [3.05, 3.63) is 57.6 Å². The van der Waals surface area contributed by atoms with Crippen LogP contribution in [0.3, 0.4) is 0 Å². The fourth-order valence-corrected chi connectivity index (χ4v) is 3.26. The summed E-state index contributed by atoms with van der Waals surface area (Å²) >= 11 is 11.8. The van der Waals surface area contributed by atoms with E-state index in [1.165, 1.54) is 0 Å². The number of hydrogen-bond donors (Lipinski definition) is 1. The minimum Gasteiger partial charge on any atom is -0.322 e. The number of amides is 2. The number of halogens is 2. The van der Waals surface area contributed by atoms with Crippen LogP contribution in [0.5, 0.6) is 0 Å². The molecule has 0 unspecified atom stereocenters. The van der Waals surface area contributed by atoms with Gasteiger partial charge in [-0.3, -0.25) is 9.59 Å². The quantitative estimate of drug-likeness (QED) is 0.824. The molecule has 0 saturated carbocycles. The zero-order chi connectivity index (χ0) is 18.0. The van der Waals surface area contributed by atoms with Crippen LogP contribution in [0.1, 0.15) is 35.7 Å². The van der Waals surface area contributed by atoms with Crippen molar-refractivity contribution in [1.29, 1.82) is 0 Å². The average Bonchev–Trinajstić information content (AvgIpc) is 2.62. The molecule has 0 atom stereocenters. The maximum absolute atomic E-state index is 12.4. The second-order valence-corrected chi connectivity index (χ2v) is 6.74. The highest BCUT2D eigenvalue weighted by Crippen LogP contribution is 2.30. The molecular weight excluding hydrogens is 359 g/mol. The van der Waals surface area contributed by atoms with Gasteiger partial charge in [0.05, 0.1) is 10.0 Å². The largest absolute Gasteiger partial charge is 0.322 e. The average molecular weight is 377 g/mol. The molecule has 2 aromatic rings. The van der Waals surface area contributed by atoms with Crippen LogP contribution in [0.25, 0.3) is 0 Å². The van der Waals surface area contributed by atoms with Gasteiger partial charge in [0, 0.05) is 29.9 Å². The Hall–Kier alpha value is -2.04. The standard InChI is InChI=1S/C19H18Cl2N2O2/c1-2-18(24)23-9-3-4-12-10-14(6-8-17(12)23)22-19(25)13-5-7-15(20)16(21)11-13/h5-8,10-11H,2-4,9H2,1H3,(H,22,25). The number of carbonyl (C=O) groups is 2. The number of nitrogens with zero attached hydrogens (tertiary/aromatic N) is 1. The smallest absolute Gasteiger partial charge is 0.255 e. The third kappa shape index (κ3) is 3.80. The summed E-state index contributed by atoms with van der Waals surface area (Å²) in [6, 6.07) is 10.4. The molecule has 25 heavy (non-hydrogen) atoms. The van der Waals surface area contributed by atoms with Gasteiger partial charge in [0.15, 0.2) is 0 Å². The van der Waals surface area contributed by atoms with Gasteiger partial charge in [-0.1, -0.05) is 30.1 Å². The minimum absolute atomic E-state index is 0.119. The van der Waals surface area contributed by atoms with E-state index in [2.05, 4.69) is 5.32 Å². The maximum Gasteiger partial charge on any atom is 0.255 e. The van der Waals surface area contributed by atoms with Crippen LogP contribution in [0.15, 0.2) is 36.4 Å². The Morgan fingerprint density at radius 1 is 1.12 bits per heavy atom. The first kappa shape index (κ1) is 17.8. The molecule has 0 spiro atoms. The van der Waals surface area contributed by atoms with Crippen LogP contribution in [-0.2, 0) is 11.2 Å². The van der Waals surface area contributed by atoms with Gasteiger partial charge in [-0.15, -0.1) is 0 Å². The number of carbonyl (C=O) groups excluding carboxylic acids is 2. The minimum atomic E-state index is -0.254. The van der Waals surface area contributed by atoms with E-state index in [1.54, 1.807) is 18.2 Å². The van der Waals surface area contributed by atoms with E-state index in [4.69, 9.17) is 23.2 Å². The summed E-state index contributed by atoms with van der Waals surface area (Å²) in [7, 11) is 0.